The second-order valence-corrected chi connectivity index (χ2v) is 6.90. The second-order valence-electron chi connectivity index (χ2n) is 5.89. The van der Waals surface area contributed by atoms with Crippen LogP contribution in [0.5, 0.6) is 0 Å². The van der Waals surface area contributed by atoms with Gasteiger partial charge >= 0.3 is 6.03 Å². The largest absolute Gasteiger partial charge is 0.334 e. The first-order chi connectivity index (χ1) is 12.2. The molecule has 1 aliphatic rings. The molecule has 0 atom stereocenters. The van der Waals surface area contributed by atoms with Gasteiger partial charge in [-0.1, -0.05) is 11.3 Å². The Bertz CT molecular complexity index is 899. The fourth-order valence-electron chi connectivity index (χ4n) is 2.43. The molecule has 0 spiro atoms. The number of urea groups is 1. The zero-order valence-corrected chi connectivity index (χ0v) is 14.5. The van der Waals surface area contributed by atoms with E-state index in [0.717, 1.165) is 22.2 Å². The van der Waals surface area contributed by atoms with Crippen LogP contribution in [0.2, 0.25) is 0 Å². The third kappa shape index (κ3) is 3.66. The van der Waals surface area contributed by atoms with Crippen molar-refractivity contribution in [3.8, 4) is 5.82 Å². The molecule has 2 amide bonds. The van der Waals surface area contributed by atoms with Crippen LogP contribution >= 0.6 is 11.3 Å². The number of rotatable bonds is 5. The number of anilines is 1. The van der Waals surface area contributed by atoms with E-state index in [1.807, 2.05) is 29.8 Å². The van der Waals surface area contributed by atoms with Crippen molar-refractivity contribution in [1.82, 2.24) is 30.0 Å². The third-order valence-corrected chi connectivity index (χ3v) is 4.92. The molecule has 0 bridgehead atoms. The molecule has 3 heterocycles. The summed E-state index contributed by atoms with van der Waals surface area (Å²) in [6.07, 6.45) is 7.64. The molecule has 3 aromatic heterocycles. The van der Waals surface area contributed by atoms with Crippen LogP contribution in [0, 0.1) is 6.92 Å². The molecule has 8 nitrogen and oxygen atoms in total. The van der Waals surface area contributed by atoms with Gasteiger partial charge in [0.1, 0.15) is 16.6 Å². The highest BCUT2D eigenvalue weighted by atomic mass is 32.1. The predicted octanol–water partition coefficient (Wildman–Crippen LogP) is 2.63. The normalized spacial score (nSPS) is 13.6. The Balaban J connectivity index is 1.35. The van der Waals surface area contributed by atoms with Gasteiger partial charge < -0.3 is 5.32 Å². The lowest BCUT2D eigenvalue weighted by Gasteiger charge is -2.08. The van der Waals surface area contributed by atoms with Gasteiger partial charge in [0, 0.05) is 31.1 Å². The van der Waals surface area contributed by atoms with Crippen LogP contribution in [0.3, 0.4) is 0 Å². The SMILES string of the molecule is Cc1nccn1-c1cc(CNC(=O)Nc2nnc(C3CC3)s2)ccn1. The summed E-state index contributed by atoms with van der Waals surface area (Å²) in [6, 6.07) is 3.49. The van der Waals surface area contributed by atoms with Gasteiger partial charge in [0.15, 0.2) is 0 Å². The van der Waals surface area contributed by atoms with Gasteiger partial charge in [0.2, 0.25) is 5.13 Å². The summed E-state index contributed by atoms with van der Waals surface area (Å²) < 4.78 is 1.89. The molecule has 3 aromatic rings. The Hall–Kier alpha value is -2.81. The lowest BCUT2D eigenvalue weighted by Crippen LogP contribution is -2.28. The van der Waals surface area contributed by atoms with E-state index in [9.17, 15) is 4.79 Å². The van der Waals surface area contributed by atoms with Crippen molar-refractivity contribution < 1.29 is 4.79 Å². The summed E-state index contributed by atoms with van der Waals surface area (Å²) in [5.41, 5.74) is 0.948. The minimum atomic E-state index is -0.296. The van der Waals surface area contributed by atoms with E-state index in [1.165, 1.54) is 24.2 Å². The molecular weight excluding hydrogens is 338 g/mol. The minimum Gasteiger partial charge on any atom is -0.334 e. The Labute approximate surface area is 148 Å². The second kappa shape index (κ2) is 6.60. The van der Waals surface area contributed by atoms with Gasteiger partial charge in [-0.05, 0) is 37.5 Å². The number of aryl methyl sites for hydroxylation is 1. The van der Waals surface area contributed by atoms with E-state index in [0.29, 0.717) is 17.6 Å². The van der Waals surface area contributed by atoms with E-state index < -0.39 is 0 Å². The lowest BCUT2D eigenvalue weighted by atomic mass is 10.2. The molecule has 1 aliphatic carbocycles. The summed E-state index contributed by atoms with van der Waals surface area (Å²) in [5, 5.41) is 15.2. The summed E-state index contributed by atoms with van der Waals surface area (Å²) >= 11 is 1.44. The van der Waals surface area contributed by atoms with Crippen molar-refractivity contribution in [2.24, 2.45) is 0 Å². The van der Waals surface area contributed by atoms with Gasteiger partial charge in [-0.15, -0.1) is 10.2 Å². The summed E-state index contributed by atoms with van der Waals surface area (Å²) in [5.74, 6) is 2.17. The van der Waals surface area contributed by atoms with E-state index >= 15 is 0 Å². The standard InChI is InChI=1S/C16H17N7OS/c1-10-17-6-7-23(10)13-8-11(4-5-18-13)9-19-15(24)20-16-22-21-14(25-16)12-2-3-12/h4-8,12H,2-3,9H2,1H3,(H2,19,20,22,24). The molecule has 9 heteroatoms. The third-order valence-electron chi connectivity index (χ3n) is 3.92. The highest BCUT2D eigenvalue weighted by molar-refractivity contribution is 7.15. The van der Waals surface area contributed by atoms with Gasteiger partial charge in [-0.2, -0.15) is 0 Å². The Morgan fingerprint density at radius 1 is 1.32 bits per heavy atom. The monoisotopic (exact) mass is 355 g/mol. The van der Waals surface area contributed by atoms with Crippen molar-refractivity contribution in [2.75, 3.05) is 5.32 Å². The maximum absolute atomic E-state index is 12.0. The Morgan fingerprint density at radius 3 is 2.96 bits per heavy atom. The van der Waals surface area contributed by atoms with Crippen molar-refractivity contribution in [2.45, 2.75) is 32.2 Å². The van der Waals surface area contributed by atoms with Gasteiger partial charge in [0.05, 0.1) is 0 Å². The molecular formula is C16H17N7OS. The number of carbonyl (C=O) groups is 1. The van der Waals surface area contributed by atoms with E-state index in [2.05, 4.69) is 30.8 Å². The molecule has 0 saturated heterocycles. The Kier molecular flexibility index (Phi) is 4.14. The van der Waals surface area contributed by atoms with Gasteiger partial charge in [-0.3, -0.25) is 9.88 Å². The smallest absolute Gasteiger partial charge is 0.321 e. The molecule has 0 aliphatic heterocycles. The molecule has 25 heavy (non-hydrogen) atoms. The van der Waals surface area contributed by atoms with Crippen LogP contribution in [0.4, 0.5) is 9.93 Å². The number of aromatic nitrogens is 5. The van der Waals surface area contributed by atoms with Gasteiger partial charge in [-0.25, -0.2) is 14.8 Å². The molecule has 0 radical (unpaired) electrons. The first kappa shape index (κ1) is 15.7. The summed E-state index contributed by atoms with van der Waals surface area (Å²) in [7, 11) is 0. The predicted molar refractivity (Wildman–Crippen MR) is 93.8 cm³/mol. The quantitative estimate of drug-likeness (QED) is 0.733. The van der Waals surface area contributed by atoms with E-state index in [4.69, 9.17) is 0 Å². The topological polar surface area (TPSA) is 97.6 Å². The highest BCUT2D eigenvalue weighted by Gasteiger charge is 2.27. The fraction of sp³-hybridized carbons (Fsp3) is 0.312. The maximum atomic E-state index is 12.0. The molecule has 128 valence electrons. The summed E-state index contributed by atoms with van der Waals surface area (Å²) in [4.78, 5) is 20.6. The zero-order valence-electron chi connectivity index (χ0n) is 13.6. The lowest BCUT2D eigenvalue weighted by molar-refractivity contribution is 0.251. The van der Waals surface area contributed by atoms with Crippen LogP contribution < -0.4 is 10.6 Å². The number of amides is 2. The number of imidazole rings is 1. The summed E-state index contributed by atoms with van der Waals surface area (Å²) in [6.45, 7) is 2.31. The van der Waals surface area contributed by atoms with Crippen molar-refractivity contribution in [1.29, 1.82) is 0 Å². The molecule has 2 N–H and O–H groups in total. The first-order valence-corrected chi connectivity index (χ1v) is 8.84. The van der Waals surface area contributed by atoms with Crippen molar-refractivity contribution in [3.05, 3.63) is 47.1 Å². The molecule has 1 saturated carbocycles. The number of carbonyl (C=O) groups excluding carboxylic acids is 1. The number of pyridine rings is 1. The van der Waals surface area contributed by atoms with Crippen molar-refractivity contribution >= 4 is 22.5 Å². The highest BCUT2D eigenvalue weighted by Crippen LogP contribution is 2.41. The minimum absolute atomic E-state index is 0.296. The Morgan fingerprint density at radius 2 is 2.20 bits per heavy atom. The van der Waals surface area contributed by atoms with Gasteiger partial charge in [0.25, 0.3) is 0 Å². The van der Waals surface area contributed by atoms with Crippen LogP contribution in [-0.2, 0) is 6.54 Å². The average Bonchev–Trinajstić information content (AvgIpc) is 3.21. The molecule has 4 rings (SSSR count). The van der Waals surface area contributed by atoms with Crippen LogP contribution in [0.1, 0.15) is 35.2 Å². The molecule has 0 aromatic carbocycles. The van der Waals surface area contributed by atoms with Crippen LogP contribution in [0.15, 0.2) is 30.7 Å². The number of hydrogen-bond acceptors (Lipinski definition) is 6. The number of nitrogens with zero attached hydrogens (tertiary/aromatic N) is 5. The van der Waals surface area contributed by atoms with E-state index in [1.54, 1.807) is 12.4 Å². The van der Waals surface area contributed by atoms with Crippen LogP contribution in [0.25, 0.3) is 5.82 Å². The maximum Gasteiger partial charge on any atom is 0.321 e. The zero-order chi connectivity index (χ0) is 17.2. The molecule has 1 fully saturated rings. The number of nitrogens with one attached hydrogen (secondary N) is 2. The number of hydrogen-bond donors (Lipinski definition) is 2. The fourth-order valence-corrected chi connectivity index (χ4v) is 3.33. The molecule has 0 unspecified atom stereocenters. The van der Waals surface area contributed by atoms with Crippen LogP contribution in [-0.4, -0.2) is 30.8 Å². The van der Waals surface area contributed by atoms with Crippen molar-refractivity contribution in [3.63, 3.8) is 0 Å². The van der Waals surface area contributed by atoms with E-state index in [-0.39, 0.29) is 6.03 Å². The average molecular weight is 355 g/mol. The first-order valence-electron chi connectivity index (χ1n) is 8.02.